The van der Waals surface area contributed by atoms with Crippen LogP contribution in [-0.4, -0.2) is 41.5 Å². The molecule has 0 aromatic heterocycles. The van der Waals surface area contributed by atoms with E-state index >= 15 is 0 Å². The van der Waals surface area contributed by atoms with Gasteiger partial charge in [-0.25, -0.2) is 0 Å². The van der Waals surface area contributed by atoms with Crippen molar-refractivity contribution in [1.29, 1.82) is 0 Å². The van der Waals surface area contributed by atoms with Crippen molar-refractivity contribution in [3.8, 4) is 0 Å². The van der Waals surface area contributed by atoms with Gasteiger partial charge in [-0.05, 0) is 57.5 Å². The Hall–Kier alpha value is -0.760. The van der Waals surface area contributed by atoms with Crippen molar-refractivity contribution in [2.45, 2.75) is 46.2 Å². The monoisotopic (exact) mass is 220 g/mol. The molecule has 0 spiro atoms. The van der Waals surface area contributed by atoms with E-state index in [0.717, 1.165) is 6.54 Å². The minimum absolute atomic E-state index is 0.611. The Morgan fingerprint density at radius 1 is 1.06 bits per heavy atom. The Labute approximate surface area is 99.6 Å². The van der Waals surface area contributed by atoms with Gasteiger partial charge in [-0.1, -0.05) is 0 Å². The molecule has 2 aliphatic rings. The van der Waals surface area contributed by atoms with E-state index in [0.29, 0.717) is 12.1 Å². The highest BCUT2D eigenvalue weighted by Gasteiger charge is 2.23. The fraction of sp³-hybridized carbons (Fsp3) is 0.714. The van der Waals surface area contributed by atoms with Gasteiger partial charge < -0.3 is 4.90 Å². The number of hydrogen-bond acceptors (Lipinski definition) is 2. The van der Waals surface area contributed by atoms with Crippen molar-refractivity contribution in [3.05, 3.63) is 23.4 Å². The first-order chi connectivity index (χ1) is 7.58. The van der Waals surface area contributed by atoms with E-state index in [2.05, 4.69) is 49.8 Å². The molecule has 16 heavy (non-hydrogen) atoms. The number of nitrogens with zero attached hydrogens (tertiary/aromatic N) is 2. The normalized spacial score (nSPS) is 22.2. The van der Waals surface area contributed by atoms with Gasteiger partial charge in [-0.15, -0.1) is 0 Å². The second kappa shape index (κ2) is 4.62. The summed E-state index contributed by atoms with van der Waals surface area (Å²) in [5, 5.41) is 0. The van der Waals surface area contributed by atoms with Gasteiger partial charge in [-0.3, -0.25) is 4.90 Å². The lowest BCUT2D eigenvalue weighted by Crippen LogP contribution is -2.41. The molecular formula is C14H24N2. The highest BCUT2D eigenvalue weighted by Crippen LogP contribution is 2.25. The van der Waals surface area contributed by atoms with Crippen molar-refractivity contribution in [1.82, 2.24) is 9.80 Å². The van der Waals surface area contributed by atoms with E-state index in [1.165, 1.54) is 19.5 Å². The van der Waals surface area contributed by atoms with E-state index in [9.17, 15) is 0 Å². The first-order valence-corrected chi connectivity index (χ1v) is 6.47. The van der Waals surface area contributed by atoms with Crippen LogP contribution in [0.25, 0.3) is 0 Å². The third-order valence-electron chi connectivity index (χ3n) is 3.75. The molecule has 2 heteroatoms. The molecule has 0 aromatic rings. The number of hydrogen-bond donors (Lipinski definition) is 0. The highest BCUT2D eigenvalue weighted by molar-refractivity contribution is 5.33. The fourth-order valence-electron chi connectivity index (χ4n) is 2.47. The molecule has 2 rings (SSSR count). The molecule has 0 aliphatic carbocycles. The highest BCUT2D eigenvalue weighted by atomic mass is 15.2. The first kappa shape index (κ1) is 11.7. The summed E-state index contributed by atoms with van der Waals surface area (Å²) in [6.45, 7) is 12.6. The lowest BCUT2D eigenvalue weighted by atomic mass is 9.96. The predicted octanol–water partition coefficient (Wildman–Crippen LogP) is 2.63. The zero-order valence-corrected chi connectivity index (χ0v) is 11.0. The van der Waals surface area contributed by atoms with Crippen LogP contribution in [0.15, 0.2) is 23.4 Å². The first-order valence-electron chi connectivity index (χ1n) is 6.47. The Balaban J connectivity index is 2.08. The van der Waals surface area contributed by atoms with Crippen LogP contribution in [0.5, 0.6) is 0 Å². The van der Waals surface area contributed by atoms with Crippen molar-refractivity contribution < 1.29 is 0 Å². The van der Waals surface area contributed by atoms with Crippen LogP contribution in [0.4, 0.5) is 0 Å². The molecule has 0 fully saturated rings. The summed E-state index contributed by atoms with van der Waals surface area (Å²) in [4.78, 5) is 5.01. The summed E-state index contributed by atoms with van der Waals surface area (Å²) >= 11 is 0. The fourth-order valence-corrected chi connectivity index (χ4v) is 2.47. The van der Waals surface area contributed by atoms with Crippen molar-refractivity contribution >= 4 is 0 Å². The molecule has 0 radical (unpaired) electrons. The topological polar surface area (TPSA) is 6.48 Å². The van der Waals surface area contributed by atoms with Crippen molar-refractivity contribution in [2.75, 3.05) is 19.6 Å². The van der Waals surface area contributed by atoms with Crippen molar-refractivity contribution in [2.24, 2.45) is 0 Å². The minimum Gasteiger partial charge on any atom is -0.371 e. The SMILES string of the molecule is CC(C)N1C=CC2=C(C1)CN(C(C)C)CC2. The maximum absolute atomic E-state index is 2.58. The molecule has 0 unspecified atom stereocenters. The number of allylic oxidation sites excluding steroid dienone is 1. The summed E-state index contributed by atoms with van der Waals surface area (Å²) in [6.07, 6.45) is 5.83. The van der Waals surface area contributed by atoms with E-state index in [1.807, 2.05) is 0 Å². The van der Waals surface area contributed by atoms with Gasteiger partial charge in [0, 0.05) is 31.7 Å². The number of rotatable bonds is 2. The average molecular weight is 220 g/mol. The Kier molecular flexibility index (Phi) is 3.38. The molecule has 0 N–H and O–H groups in total. The quantitative estimate of drug-likeness (QED) is 0.706. The summed E-state index contributed by atoms with van der Waals surface area (Å²) in [7, 11) is 0. The van der Waals surface area contributed by atoms with Crippen LogP contribution in [0.3, 0.4) is 0 Å². The molecule has 0 amide bonds. The summed E-state index contributed by atoms with van der Waals surface area (Å²) in [5.41, 5.74) is 3.23. The van der Waals surface area contributed by atoms with Gasteiger partial charge in [0.25, 0.3) is 0 Å². The standard InChI is InChI=1S/C14H24N2/c1-11(2)15-7-5-13-6-8-16(12(3)4)10-14(13)9-15/h5,7,11-12H,6,8-10H2,1-4H3. The van der Waals surface area contributed by atoms with Gasteiger partial charge in [-0.2, -0.15) is 0 Å². The zero-order chi connectivity index (χ0) is 11.7. The molecular weight excluding hydrogens is 196 g/mol. The lowest BCUT2D eigenvalue weighted by Gasteiger charge is -2.38. The van der Waals surface area contributed by atoms with Crippen LogP contribution in [0.2, 0.25) is 0 Å². The third kappa shape index (κ3) is 2.32. The molecule has 0 atom stereocenters. The van der Waals surface area contributed by atoms with Gasteiger partial charge in [0.2, 0.25) is 0 Å². The van der Waals surface area contributed by atoms with E-state index in [4.69, 9.17) is 0 Å². The summed E-state index contributed by atoms with van der Waals surface area (Å²) < 4.78 is 0. The van der Waals surface area contributed by atoms with E-state index in [-0.39, 0.29) is 0 Å². The summed E-state index contributed by atoms with van der Waals surface area (Å²) in [6, 6.07) is 1.28. The average Bonchev–Trinajstić information content (AvgIpc) is 2.27. The molecule has 90 valence electrons. The second-order valence-corrected chi connectivity index (χ2v) is 5.52. The summed E-state index contributed by atoms with van der Waals surface area (Å²) in [5.74, 6) is 0. The van der Waals surface area contributed by atoms with Gasteiger partial charge in [0.05, 0.1) is 0 Å². The van der Waals surface area contributed by atoms with Crippen LogP contribution < -0.4 is 0 Å². The Morgan fingerprint density at radius 2 is 1.81 bits per heavy atom. The van der Waals surface area contributed by atoms with Crippen LogP contribution in [0.1, 0.15) is 34.1 Å². The Bertz CT molecular complexity index is 313. The minimum atomic E-state index is 0.611. The Morgan fingerprint density at radius 3 is 2.44 bits per heavy atom. The van der Waals surface area contributed by atoms with Gasteiger partial charge in [0.15, 0.2) is 0 Å². The third-order valence-corrected chi connectivity index (χ3v) is 3.75. The molecule has 2 heterocycles. The molecule has 0 bridgehead atoms. The molecule has 2 nitrogen and oxygen atoms in total. The molecule has 0 aromatic carbocycles. The molecule has 0 saturated heterocycles. The van der Waals surface area contributed by atoms with E-state index in [1.54, 1.807) is 11.1 Å². The zero-order valence-electron chi connectivity index (χ0n) is 11.0. The van der Waals surface area contributed by atoms with Crippen LogP contribution >= 0.6 is 0 Å². The van der Waals surface area contributed by atoms with Gasteiger partial charge >= 0.3 is 0 Å². The van der Waals surface area contributed by atoms with Crippen molar-refractivity contribution in [3.63, 3.8) is 0 Å². The molecule has 0 saturated carbocycles. The van der Waals surface area contributed by atoms with Crippen LogP contribution in [0, 0.1) is 0 Å². The maximum atomic E-state index is 2.58. The second-order valence-electron chi connectivity index (χ2n) is 5.52. The molecule has 2 aliphatic heterocycles. The largest absolute Gasteiger partial charge is 0.371 e. The van der Waals surface area contributed by atoms with Gasteiger partial charge in [0.1, 0.15) is 0 Å². The predicted molar refractivity (Wildman–Crippen MR) is 69.3 cm³/mol. The van der Waals surface area contributed by atoms with E-state index < -0.39 is 0 Å². The van der Waals surface area contributed by atoms with Crippen LogP contribution in [-0.2, 0) is 0 Å². The maximum Gasteiger partial charge on any atom is 0.0404 e. The smallest absolute Gasteiger partial charge is 0.0404 e. The lowest BCUT2D eigenvalue weighted by molar-refractivity contribution is 0.218.